The van der Waals surface area contributed by atoms with Crippen LogP contribution in [-0.2, 0) is 0 Å². The van der Waals surface area contributed by atoms with Crippen molar-refractivity contribution in [1.82, 2.24) is 0 Å². The van der Waals surface area contributed by atoms with Gasteiger partial charge in [0.2, 0.25) is 0 Å². The van der Waals surface area contributed by atoms with Gasteiger partial charge in [0.25, 0.3) is 0 Å². The maximum atomic E-state index is 10.4. The average molecular weight is 238 g/mol. The van der Waals surface area contributed by atoms with Crippen LogP contribution in [0.15, 0.2) is 0 Å². The van der Waals surface area contributed by atoms with Gasteiger partial charge in [0.1, 0.15) is 0 Å². The summed E-state index contributed by atoms with van der Waals surface area (Å²) in [7, 11) is 0. The smallest absolute Gasteiger partial charge is 0.0576 e. The number of hydrogen-bond acceptors (Lipinski definition) is 1. The van der Waals surface area contributed by atoms with Crippen molar-refractivity contribution < 1.29 is 5.11 Å². The molecule has 2 saturated carbocycles. The third kappa shape index (κ3) is 2.86. The first kappa shape index (κ1) is 13.4. The summed E-state index contributed by atoms with van der Waals surface area (Å²) < 4.78 is 0. The Morgan fingerprint density at radius 2 is 1.59 bits per heavy atom. The van der Waals surface area contributed by atoms with Gasteiger partial charge in [0.15, 0.2) is 0 Å². The Kier molecular flexibility index (Phi) is 4.18. The molecular formula is C16H30O. The first-order chi connectivity index (χ1) is 8.01. The van der Waals surface area contributed by atoms with Gasteiger partial charge < -0.3 is 5.11 Å². The first-order valence-corrected chi connectivity index (χ1v) is 7.70. The molecule has 0 amide bonds. The fourth-order valence-corrected chi connectivity index (χ4v) is 4.37. The van der Waals surface area contributed by atoms with Crippen LogP contribution in [0.3, 0.4) is 0 Å². The third-order valence-corrected chi connectivity index (χ3v) is 5.69. The molecule has 1 N–H and O–H groups in total. The summed E-state index contributed by atoms with van der Waals surface area (Å²) in [6, 6.07) is 0. The van der Waals surface area contributed by atoms with Crippen LogP contribution in [0.25, 0.3) is 0 Å². The van der Waals surface area contributed by atoms with E-state index in [1.54, 1.807) is 0 Å². The van der Waals surface area contributed by atoms with Gasteiger partial charge in [0.05, 0.1) is 6.10 Å². The summed E-state index contributed by atoms with van der Waals surface area (Å²) >= 11 is 0. The fourth-order valence-electron chi connectivity index (χ4n) is 4.37. The van der Waals surface area contributed by atoms with E-state index in [0.29, 0.717) is 11.3 Å². The quantitative estimate of drug-likeness (QED) is 0.756. The molecule has 0 aromatic rings. The van der Waals surface area contributed by atoms with E-state index >= 15 is 0 Å². The van der Waals surface area contributed by atoms with E-state index < -0.39 is 0 Å². The van der Waals surface area contributed by atoms with E-state index in [9.17, 15) is 5.11 Å². The number of aliphatic hydroxyl groups excluding tert-OH is 1. The maximum Gasteiger partial charge on any atom is 0.0576 e. The molecule has 3 unspecified atom stereocenters. The summed E-state index contributed by atoms with van der Waals surface area (Å²) in [4.78, 5) is 0. The second-order valence-electron chi connectivity index (χ2n) is 7.25. The predicted molar refractivity (Wildman–Crippen MR) is 72.9 cm³/mol. The molecule has 0 saturated heterocycles. The van der Waals surface area contributed by atoms with E-state index in [1.807, 2.05) is 0 Å². The predicted octanol–water partition coefficient (Wildman–Crippen LogP) is 4.39. The van der Waals surface area contributed by atoms with Crippen LogP contribution in [0.2, 0.25) is 0 Å². The molecule has 0 aliphatic heterocycles. The van der Waals surface area contributed by atoms with Gasteiger partial charge in [-0.3, -0.25) is 0 Å². The topological polar surface area (TPSA) is 20.2 Å². The van der Waals surface area contributed by atoms with Crippen molar-refractivity contribution in [2.45, 2.75) is 78.2 Å². The highest BCUT2D eigenvalue weighted by Crippen LogP contribution is 2.49. The molecule has 2 rings (SSSR count). The molecule has 2 aliphatic carbocycles. The summed E-state index contributed by atoms with van der Waals surface area (Å²) in [6.07, 6.45) is 10.6. The van der Waals surface area contributed by atoms with E-state index in [0.717, 1.165) is 18.3 Å². The highest BCUT2D eigenvalue weighted by Gasteiger charge is 2.42. The maximum absolute atomic E-state index is 10.4. The Morgan fingerprint density at radius 1 is 0.941 bits per heavy atom. The van der Waals surface area contributed by atoms with E-state index in [2.05, 4.69) is 20.8 Å². The van der Waals surface area contributed by atoms with Crippen molar-refractivity contribution in [2.75, 3.05) is 0 Å². The van der Waals surface area contributed by atoms with E-state index in [4.69, 9.17) is 0 Å². The van der Waals surface area contributed by atoms with Crippen molar-refractivity contribution in [3.63, 3.8) is 0 Å². The fraction of sp³-hybridized carbons (Fsp3) is 1.00. The molecule has 0 spiro atoms. The summed E-state index contributed by atoms with van der Waals surface area (Å²) in [5.41, 5.74) is 0.347. The second-order valence-corrected chi connectivity index (χ2v) is 7.25. The van der Waals surface area contributed by atoms with Crippen LogP contribution in [0.1, 0.15) is 72.1 Å². The summed E-state index contributed by atoms with van der Waals surface area (Å²) in [6.45, 7) is 7.13. The van der Waals surface area contributed by atoms with Crippen LogP contribution in [0.5, 0.6) is 0 Å². The molecule has 3 atom stereocenters. The van der Waals surface area contributed by atoms with E-state index in [-0.39, 0.29) is 6.10 Å². The monoisotopic (exact) mass is 238 g/mol. The molecule has 2 aliphatic rings. The van der Waals surface area contributed by atoms with Crippen LogP contribution >= 0.6 is 0 Å². The second kappa shape index (κ2) is 5.30. The molecule has 17 heavy (non-hydrogen) atoms. The molecule has 0 aromatic carbocycles. The lowest BCUT2D eigenvalue weighted by atomic mass is 9.59. The van der Waals surface area contributed by atoms with Gasteiger partial charge in [-0.2, -0.15) is 0 Å². The Morgan fingerprint density at radius 3 is 2.18 bits per heavy atom. The van der Waals surface area contributed by atoms with Gasteiger partial charge in [-0.05, 0) is 48.9 Å². The van der Waals surface area contributed by atoms with Crippen LogP contribution < -0.4 is 0 Å². The van der Waals surface area contributed by atoms with Gasteiger partial charge in [0, 0.05) is 0 Å². The van der Waals surface area contributed by atoms with Gasteiger partial charge >= 0.3 is 0 Å². The van der Waals surface area contributed by atoms with Crippen LogP contribution in [0.4, 0.5) is 0 Å². The molecule has 0 aromatic heterocycles. The highest BCUT2D eigenvalue weighted by atomic mass is 16.3. The minimum Gasteiger partial charge on any atom is -0.393 e. The van der Waals surface area contributed by atoms with Crippen molar-refractivity contribution in [2.24, 2.45) is 23.2 Å². The third-order valence-electron chi connectivity index (χ3n) is 5.69. The SMILES string of the molecule is CC1CCC(C(C)(C)C2CCCCC2)C(O)C1. The minimum atomic E-state index is -0.0457. The summed E-state index contributed by atoms with van der Waals surface area (Å²) in [5.74, 6) is 2.12. The molecule has 0 heterocycles. The Balaban J connectivity index is 2.02. The average Bonchev–Trinajstić information content (AvgIpc) is 2.29. The first-order valence-electron chi connectivity index (χ1n) is 7.70. The number of rotatable bonds is 2. The molecule has 2 fully saturated rings. The molecule has 1 heteroatoms. The van der Waals surface area contributed by atoms with E-state index in [1.165, 1.54) is 44.9 Å². The van der Waals surface area contributed by atoms with Crippen LogP contribution in [0, 0.1) is 23.2 Å². The lowest BCUT2D eigenvalue weighted by Crippen LogP contribution is -2.43. The zero-order valence-corrected chi connectivity index (χ0v) is 11.9. The molecule has 0 radical (unpaired) electrons. The zero-order valence-electron chi connectivity index (χ0n) is 11.9. The van der Waals surface area contributed by atoms with Crippen molar-refractivity contribution in [1.29, 1.82) is 0 Å². The van der Waals surface area contributed by atoms with Crippen molar-refractivity contribution in [3.05, 3.63) is 0 Å². The standard InChI is InChI=1S/C16H30O/c1-12-9-10-14(15(17)11-12)16(2,3)13-7-5-4-6-8-13/h12-15,17H,4-11H2,1-3H3. The molecule has 0 bridgehead atoms. The van der Waals surface area contributed by atoms with Crippen molar-refractivity contribution >= 4 is 0 Å². The number of hydrogen-bond donors (Lipinski definition) is 1. The molecule has 100 valence electrons. The number of aliphatic hydroxyl groups is 1. The highest BCUT2D eigenvalue weighted by molar-refractivity contribution is 4.92. The van der Waals surface area contributed by atoms with Crippen molar-refractivity contribution in [3.8, 4) is 0 Å². The van der Waals surface area contributed by atoms with Crippen LogP contribution in [-0.4, -0.2) is 11.2 Å². The molecular weight excluding hydrogens is 208 g/mol. The van der Waals surface area contributed by atoms with Gasteiger partial charge in [-0.15, -0.1) is 0 Å². The molecule has 1 nitrogen and oxygen atoms in total. The largest absolute Gasteiger partial charge is 0.393 e. The summed E-state index contributed by atoms with van der Waals surface area (Å²) in [5, 5.41) is 10.4. The Bertz CT molecular complexity index is 240. The van der Waals surface area contributed by atoms with Gasteiger partial charge in [-0.1, -0.05) is 46.5 Å². The lowest BCUT2D eigenvalue weighted by molar-refractivity contribution is -0.0455. The normalized spacial score (nSPS) is 37.1. The lowest BCUT2D eigenvalue weighted by Gasteiger charge is -2.47. The Labute approximate surface area is 107 Å². The zero-order chi connectivity index (χ0) is 12.5. The van der Waals surface area contributed by atoms with Gasteiger partial charge in [-0.25, -0.2) is 0 Å². The minimum absolute atomic E-state index is 0.0457. The Hall–Kier alpha value is -0.0400.